The van der Waals surface area contributed by atoms with E-state index >= 15 is 0 Å². The second kappa shape index (κ2) is 8.66. The third kappa shape index (κ3) is 4.01. The van der Waals surface area contributed by atoms with Crippen LogP contribution in [0, 0.1) is 12.3 Å². The average molecular weight is 477 g/mol. The number of carbonyl (C=O) groups is 1. The van der Waals surface area contributed by atoms with Crippen LogP contribution >= 0.6 is 0 Å². The number of aryl methyl sites for hydroxylation is 1. The summed E-state index contributed by atoms with van der Waals surface area (Å²) in [5.41, 5.74) is 4.41. The fourth-order valence-electron chi connectivity index (χ4n) is 6.37. The molecule has 1 aromatic heterocycles. The number of benzene rings is 1. The second-order valence-corrected chi connectivity index (χ2v) is 11.0. The van der Waals surface area contributed by atoms with Crippen molar-refractivity contribution in [2.24, 2.45) is 5.41 Å². The molecule has 0 N–H and O–H groups in total. The third-order valence-corrected chi connectivity index (χ3v) is 8.75. The molecule has 3 fully saturated rings. The van der Waals surface area contributed by atoms with E-state index in [2.05, 4.69) is 39.0 Å². The van der Waals surface area contributed by atoms with Gasteiger partial charge in [0.05, 0.1) is 0 Å². The highest BCUT2D eigenvalue weighted by Crippen LogP contribution is 2.48. The summed E-state index contributed by atoms with van der Waals surface area (Å²) in [5.74, 6) is 0.764. The smallest absolute Gasteiger partial charge is 0.270 e. The first kappa shape index (κ1) is 22.6. The number of anilines is 3. The Labute approximate surface area is 207 Å². The van der Waals surface area contributed by atoms with Gasteiger partial charge in [0.1, 0.15) is 12.4 Å². The van der Waals surface area contributed by atoms with E-state index in [1.807, 2.05) is 24.0 Å². The predicted octanol–water partition coefficient (Wildman–Crippen LogP) is 2.27. The Kier molecular flexibility index (Phi) is 5.59. The third-order valence-electron chi connectivity index (χ3n) is 8.75. The number of likely N-dealkylation sites (N-methyl/N-ethyl adjacent to an activating group) is 1. The van der Waals surface area contributed by atoms with Crippen LogP contribution in [0.3, 0.4) is 0 Å². The first-order valence-corrected chi connectivity index (χ1v) is 13.1. The maximum atomic E-state index is 13.5. The zero-order valence-corrected chi connectivity index (χ0v) is 21.0. The van der Waals surface area contributed by atoms with Crippen molar-refractivity contribution in [2.45, 2.75) is 45.6 Å². The van der Waals surface area contributed by atoms with E-state index in [0.717, 1.165) is 57.2 Å². The van der Waals surface area contributed by atoms with Crippen molar-refractivity contribution in [2.75, 3.05) is 67.6 Å². The summed E-state index contributed by atoms with van der Waals surface area (Å²) in [6.45, 7) is 8.56. The van der Waals surface area contributed by atoms with Crippen molar-refractivity contribution in [3.05, 3.63) is 45.7 Å². The number of rotatable bonds is 4. The van der Waals surface area contributed by atoms with Crippen LogP contribution in [-0.4, -0.2) is 73.4 Å². The molecule has 6 rings (SSSR count). The molecule has 0 bridgehead atoms. The van der Waals surface area contributed by atoms with Crippen LogP contribution in [0.2, 0.25) is 0 Å². The molecule has 1 aromatic carbocycles. The van der Waals surface area contributed by atoms with Gasteiger partial charge in [-0.15, -0.1) is 0 Å². The van der Waals surface area contributed by atoms with Gasteiger partial charge in [0.25, 0.3) is 5.56 Å². The topological polar surface area (TPSA) is 64.9 Å². The van der Waals surface area contributed by atoms with Crippen LogP contribution in [0.15, 0.2) is 29.1 Å². The zero-order chi connectivity index (χ0) is 24.2. The molecule has 1 spiro atoms. The monoisotopic (exact) mass is 476 g/mol. The van der Waals surface area contributed by atoms with Gasteiger partial charge in [-0.25, -0.2) is 4.68 Å². The Bertz CT molecular complexity index is 1190. The molecule has 35 heavy (non-hydrogen) atoms. The maximum absolute atomic E-state index is 13.5. The molecule has 2 saturated heterocycles. The molecular formula is C27H36N6O2. The lowest BCUT2D eigenvalue weighted by molar-refractivity contribution is -0.119. The summed E-state index contributed by atoms with van der Waals surface area (Å²) in [4.78, 5) is 35.3. The SMILES string of the molecule is Cc1cc(N2CCC3(CCC3)C2)nn(CC(=O)N2CCc3c(N4CCN(C)CC4)cccc32)c1=O. The quantitative estimate of drug-likeness (QED) is 0.675. The molecular weight excluding hydrogens is 440 g/mol. The lowest BCUT2D eigenvalue weighted by atomic mass is 9.68. The first-order valence-electron chi connectivity index (χ1n) is 13.1. The Morgan fingerprint density at radius 1 is 1.00 bits per heavy atom. The van der Waals surface area contributed by atoms with E-state index < -0.39 is 0 Å². The lowest BCUT2D eigenvalue weighted by Crippen LogP contribution is -2.44. The van der Waals surface area contributed by atoms with Gasteiger partial charge in [-0.3, -0.25) is 9.59 Å². The summed E-state index contributed by atoms with van der Waals surface area (Å²) < 4.78 is 1.39. The van der Waals surface area contributed by atoms with E-state index in [-0.39, 0.29) is 18.0 Å². The van der Waals surface area contributed by atoms with Crippen LogP contribution in [0.25, 0.3) is 0 Å². The highest BCUT2D eigenvalue weighted by atomic mass is 16.2. The molecule has 4 heterocycles. The molecule has 2 aromatic rings. The van der Waals surface area contributed by atoms with Crippen molar-refractivity contribution in [3.8, 4) is 0 Å². The number of aromatic nitrogens is 2. The van der Waals surface area contributed by atoms with Gasteiger partial charge < -0.3 is 19.6 Å². The van der Waals surface area contributed by atoms with E-state index in [1.54, 1.807) is 0 Å². The molecule has 8 nitrogen and oxygen atoms in total. The molecule has 4 aliphatic rings. The highest BCUT2D eigenvalue weighted by molar-refractivity contribution is 5.96. The Morgan fingerprint density at radius 3 is 2.49 bits per heavy atom. The Hall–Kier alpha value is -2.87. The van der Waals surface area contributed by atoms with Gasteiger partial charge in [0, 0.05) is 68.3 Å². The summed E-state index contributed by atoms with van der Waals surface area (Å²) in [7, 11) is 2.16. The van der Waals surface area contributed by atoms with Gasteiger partial charge in [-0.2, -0.15) is 5.10 Å². The predicted molar refractivity (Wildman–Crippen MR) is 139 cm³/mol. The van der Waals surface area contributed by atoms with Gasteiger partial charge in [0.2, 0.25) is 5.91 Å². The first-order chi connectivity index (χ1) is 16.9. The van der Waals surface area contributed by atoms with Crippen LogP contribution < -0.4 is 20.3 Å². The van der Waals surface area contributed by atoms with Crippen molar-refractivity contribution in [3.63, 3.8) is 0 Å². The number of nitrogens with zero attached hydrogens (tertiary/aromatic N) is 6. The van der Waals surface area contributed by atoms with Crippen LogP contribution in [-0.2, 0) is 17.8 Å². The highest BCUT2D eigenvalue weighted by Gasteiger charge is 2.43. The van der Waals surface area contributed by atoms with E-state index in [9.17, 15) is 9.59 Å². The molecule has 0 unspecified atom stereocenters. The van der Waals surface area contributed by atoms with E-state index in [1.165, 1.54) is 41.6 Å². The molecule has 8 heteroatoms. The second-order valence-electron chi connectivity index (χ2n) is 11.0. The van der Waals surface area contributed by atoms with Gasteiger partial charge in [-0.1, -0.05) is 12.5 Å². The lowest BCUT2D eigenvalue weighted by Gasteiger charge is -2.38. The summed E-state index contributed by atoms with van der Waals surface area (Å²) in [6.07, 6.45) is 5.96. The molecule has 186 valence electrons. The number of piperazine rings is 1. The fourth-order valence-corrected chi connectivity index (χ4v) is 6.37. The molecule has 0 radical (unpaired) electrons. The fraction of sp³-hybridized carbons (Fsp3) is 0.593. The Morgan fingerprint density at radius 2 is 1.77 bits per heavy atom. The van der Waals surface area contributed by atoms with Crippen molar-refractivity contribution in [1.29, 1.82) is 0 Å². The number of carbonyl (C=O) groups excluding carboxylic acids is 1. The summed E-state index contributed by atoms with van der Waals surface area (Å²) in [6, 6.07) is 8.17. The standard InChI is InChI=1S/C27H36N6O2/c1-20-17-24(31-12-10-27(19-31)8-4-9-27)28-33(26(20)35)18-25(34)32-11-7-21-22(5-3-6-23(21)32)30-15-13-29(2)14-16-30/h3,5-6,17H,4,7-16,18-19H2,1-2H3. The average Bonchev–Trinajstić information content (AvgIpc) is 3.48. The van der Waals surface area contributed by atoms with Crippen molar-refractivity contribution >= 4 is 23.1 Å². The van der Waals surface area contributed by atoms with Crippen LogP contribution in [0.5, 0.6) is 0 Å². The van der Waals surface area contributed by atoms with Gasteiger partial charge in [0.15, 0.2) is 0 Å². The largest absolute Gasteiger partial charge is 0.369 e. The van der Waals surface area contributed by atoms with Gasteiger partial charge >= 0.3 is 0 Å². The maximum Gasteiger partial charge on any atom is 0.270 e. The van der Waals surface area contributed by atoms with Crippen LogP contribution in [0.1, 0.15) is 36.8 Å². The summed E-state index contributed by atoms with van der Waals surface area (Å²) >= 11 is 0. The van der Waals surface area contributed by atoms with Crippen LogP contribution in [0.4, 0.5) is 17.2 Å². The van der Waals surface area contributed by atoms with Crippen molar-refractivity contribution in [1.82, 2.24) is 14.7 Å². The molecule has 0 atom stereocenters. The summed E-state index contributed by atoms with van der Waals surface area (Å²) in [5, 5.41) is 4.67. The van der Waals surface area contributed by atoms with E-state index in [4.69, 9.17) is 0 Å². The minimum absolute atomic E-state index is 0.0231. The number of amides is 1. The normalized spacial score (nSPS) is 21.5. The molecule has 3 aliphatic heterocycles. The molecule has 1 aliphatic carbocycles. The minimum atomic E-state index is -0.176. The molecule has 1 saturated carbocycles. The number of hydrogen-bond acceptors (Lipinski definition) is 6. The van der Waals surface area contributed by atoms with Gasteiger partial charge in [-0.05, 0) is 63.3 Å². The van der Waals surface area contributed by atoms with Crippen molar-refractivity contribution < 1.29 is 4.79 Å². The Balaban J connectivity index is 1.21. The number of hydrogen-bond donors (Lipinski definition) is 0. The minimum Gasteiger partial charge on any atom is -0.369 e. The zero-order valence-electron chi connectivity index (χ0n) is 21.0. The molecule has 1 amide bonds. The van der Waals surface area contributed by atoms with E-state index in [0.29, 0.717) is 17.5 Å². The number of fused-ring (bicyclic) bond motifs is 1.